The molecule has 0 aliphatic carbocycles. The first-order valence-corrected chi connectivity index (χ1v) is 6.48. The number of methoxy groups -OCH3 is 1. The Labute approximate surface area is 114 Å². The molecular formula is C14H22N2O3. The van der Waals surface area contributed by atoms with E-state index < -0.39 is 0 Å². The summed E-state index contributed by atoms with van der Waals surface area (Å²) in [5.41, 5.74) is 5.97. The number of amides is 1. The van der Waals surface area contributed by atoms with E-state index in [1.807, 2.05) is 12.1 Å². The van der Waals surface area contributed by atoms with Crippen LogP contribution < -0.4 is 15.8 Å². The standard InChI is InChI=1S/C14H22N2O3/c1-18-9-4-10-19-13-6-2-5-12(11-13)14(17)16-8-3-7-15/h2,5-6,11H,3-4,7-10,15H2,1H3,(H,16,17). The van der Waals surface area contributed by atoms with Crippen molar-refractivity contribution in [3.63, 3.8) is 0 Å². The highest BCUT2D eigenvalue weighted by atomic mass is 16.5. The van der Waals surface area contributed by atoms with Gasteiger partial charge in [0, 0.05) is 32.2 Å². The zero-order valence-electron chi connectivity index (χ0n) is 11.4. The van der Waals surface area contributed by atoms with E-state index in [0.717, 1.165) is 12.8 Å². The van der Waals surface area contributed by atoms with E-state index in [0.29, 0.717) is 37.6 Å². The van der Waals surface area contributed by atoms with Crippen LogP contribution in [0.4, 0.5) is 0 Å². The molecular weight excluding hydrogens is 244 g/mol. The van der Waals surface area contributed by atoms with Crippen LogP contribution in [-0.2, 0) is 4.74 Å². The lowest BCUT2D eigenvalue weighted by Gasteiger charge is -2.08. The molecule has 1 rings (SSSR count). The number of hydrogen-bond acceptors (Lipinski definition) is 4. The van der Waals surface area contributed by atoms with Gasteiger partial charge in [0.15, 0.2) is 0 Å². The van der Waals surface area contributed by atoms with Crippen LogP contribution >= 0.6 is 0 Å². The molecule has 1 aromatic rings. The van der Waals surface area contributed by atoms with Gasteiger partial charge in [0.25, 0.3) is 5.91 Å². The lowest BCUT2D eigenvalue weighted by Crippen LogP contribution is -2.25. The Morgan fingerprint density at radius 3 is 2.89 bits per heavy atom. The third kappa shape index (κ3) is 6.22. The smallest absolute Gasteiger partial charge is 0.251 e. The highest BCUT2D eigenvalue weighted by Crippen LogP contribution is 2.13. The third-order valence-electron chi connectivity index (χ3n) is 2.52. The third-order valence-corrected chi connectivity index (χ3v) is 2.52. The Morgan fingerprint density at radius 2 is 2.16 bits per heavy atom. The highest BCUT2D eigenvalue weighted by Gasteiger charge is 2.05. The number of carbonyl (C=O) groups excluding carboxylic acids is 1. The maximum absolute atomic E-state index is 11.8. The summed E-state index contributed by atoms with van der Waals surface area (Å²) in [5.74, 6) is 0.596. The fourth-order valence-electron chi connectivity index (χ4n) is 1.53. The lowest BCUT2D eigenvalue weighted by molar-refractivity contribution is 0.0953. The topological polar surface area (TPSA) is 73.6 Å². The van der Waals surface area contributed by atoms with Gasteiger partial charge in [0.1, 0.15) is 5.75 Å². The molecule has 0 atom stereocenters. The fraction of sp³-hybridized carbons (Fsp3) is 0.500. The van der Waals surface area contributed by atoms with Gasteiger partial charge in [-0.1, -0.05) is 6.07 Å². The number of ether oxygens (including phenoxy) is 2. The Bertz CT molecular complexity index is 383. The average molecular weight is 266 g/mol. The molecule has 0 radical (unpaired) electrons. The summed E-state index contributed by atoms with van der Waals surface area (Å²) in [6.45, 7) is 2.41. The molecule has 0 spiro atoms. The van der Waals surface area contributed by atoms with Gasteiger partial charge < -0.3 is 20.5 Å². The molecule has 0 bridgehead atoms. The van der Waals surface area contributed by atoms with E-state index >= 15 is 0 Å². The Kier molecular flexibility index (Phi) is 7.62. The summed E-state index contributed by atoms with van der Waals surface area (Å²) in [6.07, 6.45) is 1.60. The quantitative estimate of drug-likeness (QED) is 0.658. The number of benzene rings is 1. The number of nitrogens with two attached hydrogens (primary N) is 1. The molecule has 19 heavy (non-hydrogen) atoms. The molecule has 0 saturated carbocycles. The van der Waals surface area contributed by atoms with Crippen molar-refractivity contribution in [3.05, 3.63) is 29.8 Å². The molecule has 0 aromatic heterocycles. The molecule has 5 heteroatoms. The van der Waals surface area contributed by atoms with Gasteiger partial charge >= 0.3 is 0 Å². The Morgan fingerprint density at radius 1 is 1.32 bits per heavy atom. The second-order valence-corrected chi connectivity index (χ2v) is 4.12. The molecule has 0 unspecified atom stereocenters. The van der Waals surface area contributed by atoms with E-state index in [-0.39, 0.29) is 5.91 Å². The molecule has 0 fully saturated rings. The first kappa shape index (κ1) is 15.5. The fourth-order valence-corrected chi connectivity index (χ4v) is 1.53. The van der Waals surface area contributed by atoms with Gasteiger partial charge in [-0.3, -0.25) is 4.79 Å². The van der Waals surface area contributed by atoms with Gasteiger partial charge in [-0.25, -0.2) is 0 Å². The normalized spacial score (nSPS) is 10.2. The predicted octanol–water partition coefficient (Wildman–Crippen LogP) is 1.18. The first-order valence-electron chi connectivity index (χ1n) is 6.48. The minimum Gasteiger partial charge on any atom is -0.493 e. The van der Waals surface area contributed by atoms with Crippen molar-refractivity contribution in [1.82, 2.24) is 5.32 Å². The lowest BCUT2D eigenvalue weighted by atomic mass is 10.2. The van der Waals surface area contributed by atoms with E-state index in [2.05, 4.69) is 5.32 Å². The number of hydrogen-bond donors (Lipinski definition) is 2. The molecule has 106 valence electrons. The van der Waals surface area contributed by atoms with Gasteiger partial charge in [0.05, 0.1) is 6.61 Å². The van der Waals surface area contributed by atoms with E-state index in [1.54, 1.807) is 19.2 Å². The van der Waals surface area contributed by atoms with Crippen molar-refractivity contribution < 1.29 is 14.3 Å². The summed E-state index contributed by atoms with van der Waals surface area (Å²) in [7, 11) is 1.66. The zero-order valence-corrected chi connectivity index (χ0v) is 11.4. The van der Waals surface area contributed by atoms with Gasteiger partial charge in [-0.15, -0.1) is 0 Å². The summed E-state index contributed by atoms with van der Waals surface area (Å²) >= 11 is 0. The second-order valence-electron chi connectivity index (χ2n) is 4.12. The monoisotopic (exact) mass is 266 g/mol. The van der Waals surface area contributed by atoms with Crippen molar-refractivity contribution in [1.29, 1.82) is 0 Å². The van der Waals surface area contributed by atoms with E-state index in [4.69, 9.17) is 15.2 Å². The maximum Gasteiger partial charge on any atom is 0.251 e. The van der Waals surface area contributed by atoms with Gasteiger partial charge in [-0.2, -0.15) is 0 Å². The molecule has 1 amide bonds. The maximum atomic E-state index is 11.8. The van der Waals surface area contributed by atoms with Crippen LogP contribution in [-0.4, -0.2) is 39.3 Å². The summed E-state index contributed by atoms with van der Waals surface area (Å²) in [4.78, 5) is 11.8. The van der Waals surface area contributed by atoms with E-state index in [9.17, 15) is 4.79 Å². The van der Waals surface area contributed by atoms with Crippen molar-refractivity contribution in [2.75, 3.05) is 33.4 Å². The summed E-state index contributed by atoms with van der Waals surface area (Å²) in [5, 5.41) is 2.81. The van der Waals surface area contributed by atoms with Crippen LogP contribution in [0.3, 0.4) is 0 Å². The number of carbonyl (C=O) groups is 1. The first-order chi connectivity index (χ1) is 9.27. The van der Waals surface area contributed by atoms with Crippen molar-refractivity contribution >= 4 is 5.91 Å². The van der Waals surface area contributed by atoms with Crippen LogP contribution in [0, 0.1) is 0 Å². The molecule has 0 aliphatic rings. The minimum atomic E-state index is -0.101. The summed E-state index contributed by atoms with van der Waals surface area (Å²) in [6, 6.07) is 7.15. The Hall–Kier alpha value is -1.59. The molecule has 0 saturated heterocycles. The predicted molar refractivity (Wildman–Crippen MR) is 74.4 cm³/mol. The van der Waals surface area contributed by atoms with Crippen molar-refractivity contribution in [2.45, 2.75) is 12.8 Å². The number of rotatable bonds is 9. The largest absolute Gasteiger partial charge is 0.493 e. The average Bonchev–Trinajstić information content (AvgIpc) is 2.44. The number of nitrogens with one attached hydrogen (secondary N) is 1. The zero-order chi connectivity index (χ0) is 13.9. The minimum absolute atomic E-state index is 0.101. The van der Waals surface area contributed by atoms with Crippen LogP contribution in [0.2, 0.25) is 0 Å². The molecule has 3 N–H and O–H groups in total. The van der Waals surface area contributed by atoms with Crippen LogP contribution in [0.5, 0.6) is 5.75 Å². The van der Waals surface area contributed by atoms with Crippen molar-refractivity contribution in [2.24, 2.45) is 5.73 Å². The van der Waals surface area contributed by atoms with Crippen LogP contribution in [0.15, 0.2) is 24.3 Å². The molecule has 5 nitrogen and oxygen atoms in total. The van der Waals surface area contributed by atoms with Crippen molar-refractivity contribution in [3.8, 4) is 5.75 Å². The molecule has 0 heterocycles. The van der Waals surface area contributed by atoms with E-state index in [1.165, 1.54) is 0 Å². The second kappa shape index (κ2) is 9.35. The van der Waals surface area contributed by atoms with Gasteiger partial charge in [0.2, 0.25) is 0 Å². The molecule has 1 aromatic carbocycles. The van der Waals surface area contributed by atoms with Crippen LogP contribution in [0.25, 0.3) is 0 Å². The molecule has 0 aliphatic heterocycles. The summed E-state index contributed by atoms with van der Waals surface area (Å²) < 4.78 is 10.5. The SMILES string of the molecule is COCCCOc1cccc(C(=O)NCCCN)c1. The van der Waals surface area contributed by atoms with Crippen LogP contribution in [0.1, 0.15) is 23.2 Å². The Balaban J connectivity index is 2.44. The van der Waals surface area contributed by atoms with Gasteiger partial charge in [-0.05, 0) is 31.2 Å². The highest BCUT2D eigenvalue weighted by molar-refractivity contribution is 5.94.